The Balaban J connectivity index is 1.14. The van der Waals surface area contributed by atoms with E-state index in [4.69, 9.17) is 21.3 Å². The van der Waals surface area contributed by atoms with Crippen LogP contribution in [0.1, 0.15) is 30.4 Å². The standard InChI is InChI=1S/C35H32ClN5O3/c36-33-34(38-18-17-37-33)41(23-27-11-12-29-13-14-30(39-31(29)21-27)28-9-5-2-6-10-28)32(42)22-25-15-19-40(20-16-25)35(43)44-24-26-7-3-1-4-8-26/h1-14,17-18,21,25H,15-16,19-20,22-24H2. The average molecular weight is 606 g/mol. The Morgan fingerprint density at radius 2 is 1.57 bits per heavy atom. The molecule has 44 heavy (non-hydrogen) atoms. The van der Waals surface area contributed by atoms with Crippen molar-refractivity contribution >= 4 is 40.3 Å². The number of nitrogens with zero attached hydrogens (tertiary/aromatic N) is 5. The molecule has 222 valence electrons. The topological polar surface area (TPSA) is 88.5 Å². The van der Waals surface area contributed by atoms with Crippen molar-refractivity contribution in [3.8, 4) is 11.3 Å². The van der Waals surface area contributed by atoms with Gasteiger partial charge in [0.1, 0.15) is 6.61 Å². The fourth-order valence-corrected chi connectivity index (χ4v) is 5.68. The second kappa shape index (κ2) is 13.7. The van der Waals surface area contributed by atoms with Gasteiger partial charge in [0.15, 0.2) is 11.0 Å². The van der Waals surface area contributed by atoms with Gasteiger partial charge in [-0.25, -0.2) is 19.7 Å². The van der Waals surface area contributed by atoms with Gasteiger partial charge in [0, 0.05) is 42.9 Å². The largest absolute Gasteiger partial charge is 0.445 e. The van der Waals surface area contributed by atoms with Crippen molar-refractivity contribution in [2.75, 3.05) is 18.0 Å². The zero-order chi connectivity index (χ0) is 30.3. The van der Waals surface area contributed by atoms with E-state index in [2.05, 4.69) is 16.0 Å². The molecule has 0 spiro atoms. The van der Waals surface area contributed by atoms with E-state index in [1.807, 2.05) is 84.9 Å². The number of pyridine rings is 1. The van der Waals surface area contributed by atoms with Crippen LogP contribution in [-0.2, 0) is 22.7 Å². The predicted molar refractivity (Wildman–Crippen MR) is 171 cm³/mol. The van der Waals surface area contributed by atoms with E-state index in [9.17, 15) is 9.59 Å². The number of carbonyl (C=O) groups is 2. The number of amides is 2. The molecule has 2 amide bonds. The highest BCUT2D eigenvalue weighted by atomic mass is 35.5. The summed E-state index contributed by atoms with van der Waals surface area (Å²) in [6.45, 7) is 1.59. The molecule has 5 aromatic rings. The Bertz CT molecular complexity index is 1740. The van der Waals surface area contributed by atoms with Crippen molar-refractivity contribution < 1.29 is 14.3 Å². The molecule has 1 fully saturated rings. The van der Waals surface area contributed by atoms with Gasteiger partial charge >= 0.3 is 6.09 Å². The van der Waals surface area contributed by atoms with Gasteiger partial charge in [-0.3, -0.25) is 9.69 Å². The third-order valence-electron chi connectivity index (χ3n) is 7.90. The summed E-state index contributed by atoms with van der Waals surface area (Å²) in [7, 11) is 0. The maximum atomic E-state index is 13.8. The van der Waals surface area contributed by atoms with Crippen molar-refractivity contribution in [3.63, 3.8) is 0 Å². The van der Waals surface area contributed by atoms with E-state index in [1.54, 1.807) is 9.80 Å². The van der Waals surface area contributed by atoms with E-state index >= 15 is 0 Å². The molecule has 3 heterocycles. The summed E-state index contributed by atoms with van der Waals surface area (Å²) in [6.07, 6.45) is 4.43. The van der Waals surface area contributed by atoms with Crippen LogP contribution in [0.15, 0.2) is 103 Å². The van der Waals surface area contributed by atoms with Gasteiger partial charge in [0.2, 0.25) is 5.91 Å². The van der Waals surface area contributed by atoms with Gasteiger partial charge in [-0.05, 0) is 42.0 Å². The summed E-state index contributed by atoms with van der Waals surface area (Å²) in [6, 6.07) is 29.7. The first-order chi connectivity index (χ1) is 21.5. The Hall–Kier alpha value is -4.82. The van der Waals surface area contributed by atoms with Crippen LogP contribution in [-0.4, -0.2) is 44.9 Å². The normalized spacial score (nSPS) is 13.5. The number of likely N-dealkylation sites (tertiary alicyclic amines) is 1. The fourth-order valence-electron chi connectivity index (χ4n) is 5.48. The number of rotatable bonds is 8. The van der Waals surface area contributed by atoms with Crippen LogP contribution in [0.4, 0.5) is 10.6 Å². The molecule has 1 saturated heterocycles. The monoisotopic (exact) mass is 605 g/mol. The van der Waals surface area contributed by atoms with Crippen LogP contribution in [0.25, 0.3) is 22.2 Å². The highest BCUT2D eigenvalue weighted by Crippen LogP contribution is 2.28. The van der Waals surface area contributed by atoms with Crippen LogP contribution < -0.4 is 4.90 Å². The first-order valence-electron chi connectivity index (χ1n) is 14.7. The molecule has 1 aliphatic rings. The summed E-state index contributed by atoms with van der Waals surface area (Å²) >= 11 is 6.45. The minimum Gasteiger partial charge on any atom is -0.445 e. The Morgan fingerprint density at radius 3 is 2.32 bits per heavy atom. The van der Waals surface area contributed by atoms with Gasteiger partial charge in [-0.15, -0.1) is 0 Å². The van der Waals surface area contributed by atoms with E-state index in [0.717, 1.165) is 33.3 Å². The lowest BCUT2D eigenvalue weighted by atomic mass is 9.93. The molecule has 0 bridgehead atoms. The fraction of sp³-hybridized carbons (Fsp3) is 0.229. The number of ether oxygens (including phenoxy) is 1. The first kappa shape index (κ1) is 29.3. The number of piperidine rings is 1. The van der Waals surface area contributed by atoms with E-state index < -0.39 is 0 Å². The molecular formula is C35H32ClN5O3. The molecule has 0 N–H and O–H groups in total. The van der Waals surface area contributed by atoms with Gasteiger partial charge in [-0.1, -0.05) is 90.5 Å². The van der Waals surface area contributed by atoms with E-state index in [1.165, 1.54) is 12.4 Å². The van der Waals surface area contributed by atoms with Crippen LogP contribution in [0, 0.1) is 5.92 Å². The zero-order valence-electron chi connectivity index (χ0n) is 24.2. The van der Waals surface area contributed by atoms with Crippen LogP contribution in [0.3, 0.4) is 0 Å². The van der Waals surface area contributed by atoms with Crippen LogP contribution >= 0.6 is 11.6 Å². The highest BCUT2D eigenvalue weighted by Gasteiger charge is 2.29. The highest BCUT2D eigenvalue weighted by molar-refractivity contribution is 6.32. The van der Waals surface area contributed by atoms with Crippen molar-refractivity contribution in [3.05, 3.63) is 120 Å². The second-order valence-electron chi connectivity index (χ2n) is 10.9. The third-order valence-corrected chi connectivity index (χ3v) is 8.17. The molecule has 0 unspecified atom stereocenters. The second-order valence-corrected chi connectivity index (χ2v) is 11.3. The molecule has 0 aliphatic carbocycles. The van der Waals surface area contributed by atoms with Gasteiger partial charge < -0.3 is 9.64 Å². The number of hydrogen-bond donors (Lipinski definition) is 0. The van der Waals surface area contributed by atoms with Crippen LogP contribution in [0.5, 0.6) is 0 Å². The van der Waals surface area contributed by atoms with E-state index in [0.29, 0.717) is 38.2 Å². The summed E-state index contributed by atoms with van der Waals surface area (Å²) in [4.78, 5) is 43.3. The number of halogens is 1. The molecule has 0 radical (unpaired) electrons. The number of hydrogen-bond acceptors (Lipinski definition) is 6. The van der Waals surface area contributed by atoms with Crippen LogP contribution in [0.2, 0.25) is 5.15 Å². The molecular weight excluding hydrogens is 574 g/mol. The molecule has 6 rings (SSSR count). The molecule has 0 saturated carbocycles. The van der Waals surface area contributed by atoms with Crippen molar-refractivity contribution in [2.45, 2.75) is 32.4 Å². The maximum Gasteiger partial charge on any atom is 0.410 e. The molecule has 3 aromatic carbocycles. The summed E-state index contributed by atoms with van der Waals surface area (Å²) in [5.41, 5.74) is 4.62. The van der Waals surface area contributed by atoms with Crippen molar-refractivity contribution in [2.24, 2.45) is 5.92 Å². The number of aromatic nitrogens is 3. The van der Waals surface area contributed by atoms with Crippen molar-refractivity contribution in [1.82, 2.24) is 19.9 Å². The van der Waals surface area contributed by atoms with Gasteiger partial charge in [-0.2, -0.15) is 0 Å². The summed E-state index contributed by atoms with van der Waals surface area (Å²) in [5.74, 6) is 0.348. The van der Waals surface area contributed by atoms with E-state index in [-0.39, 0.29) is 36.2 Å². The minimum absolute atomic E-state index is 0.0939. The number of benzene rings is 3. The maximum absolute atomic E-state index is 13.8. The average Bonchev–Trinajstić information content (AvgIpc) is 3.07. The van der Waals surface area contributed by atoms with Crippen molar-refractivity contribution in [1.29, 1.82) is 0 Å². The lowest BCUT2D eigenvalue weighted by Gasteiger charge is -2.32. The molecule has 9 heteroatoms. The summed E-state index contributed by atoms with van der Waals surface area (Å²) < 4.78 is 5.50. The van der Waals surface area contributed by atoms with Gasteiger partial charge in [0.05, 0.1) is 17.8 Å². The molecule has 8 nitrogen and oxygen atoms in total. The van der Waals surface area contributed by atoms with Gasteiger partial charge in [0.25, 0.3) is 0 Å². The Kier molecular flexibility index (Phi) is 9.08. The summed E-state index contributed by atoms with van der Waals surface area (Å²) in [5, 5.41) is 1.18. The lowest BCUT2D eigenvalue weighted by molar-refractivity contribution is -0.120. The molecule has 0 atom stereocenters. The number of anilines is 1. The first-order valence-corrected chi connectivity index (χ1v) is 15.1. The minimum atomic E-state index is -0.327. The number of fused-ring (bicyclic) bond motifs is 1. The molecule has 2 aromatic heterocycles. The smallest absolute Gasteiger partial charge is 0.410 e. The third kappa shape index (κ3) is 7.03. The predicted octanol–water partition coefficient (Wildman–Crippen LogP) is 7.32. The SMILES string of the molecule is O=C(OCc1ccccc1)N1CCC(CC(=O)N(Cc2ccc3ccc(-c4ccccc4)nc3c2)c2nccnc2Cl)CC1. The zero-order valence-corrected chi connectivity index (χ0v) is 24.9. The lowest BCUT2D eigenvalue weighted by Crippen LogP contribution is -2.40. The Labute approximate surface area is 261 Å². The Morgan fingerprint density at radius 1 is 0.864 bits per heavy atom. The number of carbonyl (C=O) groups excluding carboxylic acids is 2. The quantitative estimate of drug-likeness (QED) is 0.184. The molecule has 1 aliphatic heterocycles.